The summed E-state index contributed by atoms with van der Waals surface area (Å²) in [5.74, 6) is 0. The summed E-state index contributed by atoms with van der Waals surface area (Å²) >= 11 is 0. The van der Waals surface area contributed by atoms with Crippen molar-refractivity contribution < 1.29 is 0 Å². The average molecular weight is 137 g/mol. The molecular weight excluding hydrogens is 122 g/mol. The van der Waals surface area contributed by atoms with Gasteiger partial charge in [0.1, 0.15) is 0 Å². The van der Waals surface area contributed by atoms with Gasteiger partial charge in [0.2, 0.25) is 0 Å². The maximum absolute atomic E-state index is 4.07. The Labute approximate surface area is 63.2 Å². The van der Waals surface area contributed by atoms with Gasteiger partial charge in [-0.2, -0.15) is 0 Å². The summed E-state index contributed by atoms with van der Waals surface area (Å²) in [6.07, 6.45) is 1.84. The molecule has 1 heteroatoms. The van der Waals surface area contributed by atoms with Crippen molar-refractivity contribution in [1.82, 2.24) is 0 Å². The molecular formula is C9H15N. The van der Waals surface area contributed by atoms with Gasteiger partial charge in [0.25, 0.3) is 0 Å². The van der Waals surface area contributed by atoms with Crippen molar-refractivity contribution in [3.63, 3.8) is 0 Å². The lowest BCUT2D eigenvalue weighted by molar-refractivity contribution is 1.29. The van der Waals surface area contributed by atoms with E-state index in [9.17, 15) is 0 Å². The van der Waals surface area contributed by atoms with Gasteiger partial charge in [-0.1, -0.05) is 12.2 Å². The molecule has 0 aliphatic carbocycles. The van der Waals surface area contributed by atoms with Gasteiger partial charge in [-0.3, -0.25) is 4.99 Å². The van der Waals surface area contributed by atoms with Crippen molar-refractivity contribution in [2.45, 2.75) is 27.7 Å². The quantitative estimate of drug-likeness (QED) is 0.519. The van der Waals surface area contributed by atoms with E-state index in [1.165, 1.54) is 11.1 Å². The van der Waals surface area contributed by atoms with Crippen molar-refractivity contribution in [3.05, 3.63) is 23.4 Å². The SMILES string of the molecule is C=C(C)N=CC(C)=C(C)C. The van der Waals surface area contributed by atoms with E-state index in [2.05, 4.69) is 25.4 Å². The number of allylic oxidation sites excluding steroid dienone is 3. The van der Waals surface area contributed by atoms with Crippen LogP contribution in [-0.4, -0.2) is 6.21 Å². The first-order valence-corrected chi connectivity index (χ1v) is 3.37. The summed E-state index contributed by atoms with van der Waals surface area (Å²) in [6, 6.07) is 0. The van der Waals surface area contributed by atoms with Crippen LogP contribution in [0.4, 0.5) is 0 Å². The van der Waals surface area contributed by atoms with Gasteiger partial charge < -0.3 is 0 Å². The van der Waals surface area contributed by atoms with Crippen molar-refractivity contribution in [3.8, 4) is 0 Å². The lowest BCUT2D eigenvalue weighted by Gasteiger charge is -1.93. The fourth-order valence-electron chi connectivity index (χ4n) is 0.336. The molecule has 0 atom stereocenters. The van der Waals surface area contributed by atoms with E-state index in [1.807, 2.05) is 20.1 Å². The van der Waals surface area contributed by atoms with Gasteiger partial charge in [0.05, 0.1) is 0 Å². The molecule has 0 fully saturated rings. The Hall–Kier alpha value is -0.850. The smallest absolute Gasteiger partial charge is 0.0301 e. The molecule has 0 saturated carbocycles. The minimum atomic E-state index is 0.848. The van der Waals surface area contributed by atoms with Crippen LogP contribution in [0.1, 0.15) is 27.7 Å². The number of nitrogens with zero attached hydrogens (tertiary/aromatic N) is 1. The van der Waals surface area contributed by atoms with E-state index in [0.717, 1.165) is 5.70 Å². The van der Waals surface area contributed by atoms with Gasteiger partial charge in [0.15, 0.2) is 0 Å². The Morgan fingerprint density at radius 2 is 1.70 bits per heavy atom. The van der Waals surface area contributed by atoms with E-state index < -0.39 is 0 Å². The number of aliphatic imine (C=N–C) groups is 1. The van der Waals surface area contributed by atoms with Crippen molar-refractivity contribution in [2.24, 2.45) is 4.99 Å². The van der Waals surface area contributed by atoms with Crippen LogP contribution in [0.5, 0.6) is 0 Å². The van der Waals surface area contributed by atoms with Crippen LogP contribution < -0.4 is 0 Å². The van der Waals surface area contributed by atoms with Crippen LogP contribution in [0.2, 0.25) is 0 Å². The molecule has 0 amide bonds. The predicted molar refractivity (Wildman–Crippen MR) is 47.4 cm³/mol. The Kier molecular flexibility index (Phi) is 3.70. The minimum Gasteiger partial charge on any atom is -0.262 e. The van der Waals surface area contributed by atoms with E-state index in [0.29, 0.717) is 0 Å². The standard InChI is InChI=1S/C9H15N/c1-7(2)9(5)6-10-8(3)4/h6H,3H2,1-2,4-5H3. The van der Waals surface area contributed by atoms with Gasteiger partial charge in [-0.15, -0.1) is 0 Å². The summed E-state index contributed by atoms with van der Waals surface area (Å²) in [6.45, 7) is 11.7. The van der Waals surface area contributed by atoms with Crippen LogP contribution in [0.25, 0.3) is 0 Å². The van der Waals surface area contributed by atoms with Crippen LogP contribution in [0.15, 0.2) is 28.4 Å². The summed E-state index contributed by atoms with van der Waals surface area (Å²) in [5.41, 5.74) is 3.36. The van der Waals surface area contributed by atoms with Gasteiger partial charge >= 0.3 is 0 Å². The lowest BCUT2D eigenvalue weighted by Crippen LogP contribution is -1.81. The molecule has 0 aromatic rings. The molecule has 0 rings (SSSR count). The van der Waals surface area contributed by atoms with Crippen LogP contribution >= 0.6 is 0 Å². The molecule has 56 valence electrons. The highest BCUT2D eigenvalue weighted by molar-refractivity contribution is 5.79. The summed E-state index contributed by atoms with van der Waals surface area (Å²) in [5, 5.41) is 0. The molecule has 10 heavy (non-hydrogen) atoms. The summed E-state index contributed by atoms with van der Waals surface area (Å²) < 4.78 is 0. The molecule has 0 spiro atoms. The van der Waals surface area contributed by atoms with Crippen LogP contribution in [0, 0.1) is 0 Å². The maximum Gasteiger partial charge on any atom is 0.0301 e. The highest BCUT2D eigenvalue weighted by Gasteiger charge is 1.84. The fraction of sp³-hybridized carbons (Fsp3) is 0.444. The van der Waals surface area contributed by atoms with Crippen LogP contribution in [0.3, 0.4) is 0 Å². The first-order chi connectivity index (χ1) is 4.54. The maximum atomic E-state index is 4.07. The number of rotatable bonds is 2. The first-order valence-electron chi connectivity index (χ1n) is 3.37. The molecule has 0 bridgehead atoms. The second-order valence-electron chi connectivity index (χ2n) is 2.68. The van der Waals surface area contributed by atoms with E-state index in [1.54, 1.807) is 0 Å². The lowest BCUT2D eigenvalue weighted by atomic mass is 10.2. The zero-order valence-electron chi connectivity index (χ0n) is 7.23. The largest absolute Gasteiger partial charge is 0.262 e. The third kappa shape index (κ3) is 4.07. The monoisotopic (exact) mass is 137 g/mol. The number of hydrogen-bond acceptors (Lipinski definition) is 1. The Morgan fingerprint density at radius 3 is 2.00 bits per heavy atom. The van der Waals surface area contributed by atoms with E-state index in [-0.39, 0.29) is 0 Å². The molecule has 0 heterocycles. The normalized spacial score (nSPS) is 10.0. The molecule has 1 nitrogen and oxygen atoms in total. The summed E-state index contributed by atoms with van der Waals surface area (Å²) in [7, 11) is 0. The van der Waals surface area contributed by atoms with Gasteiger partial charge in [0, 0.05) is 11.9 Å². The third-order valence-electron chi connectivity index (χ3n) is 1.27. The zero-order chi connectivity index (χ0) is 8.15. The molecule has 0 aliphatic rings. The molecule has 0 N–H and O–H groups in total. The molecule has 0 aliphatic heterocycles. The molecule has 0 saturated heterocycles. The zero-order valence-corrected chi connectivity index (χ0v) is 7.23. The van der Waals surface area contributed by atoms with Gasteiger partial charge in [-0.25, -0.2) is 0 Å². The van der Waals surface area contributed by atoms with Crippen molar-refractivity contribution in [1.29, 1.82) is 0 Å². The minimum absolute atomic E-state index is 0.848. The Bertz CT molecular complexity index is 181. The average Bonchev–Trinajstić information content (AvgIpc) is 1.82. The highest BCUT2D eigenvalue weighted by Crippen LogP contribution is 1.99. The van der Waals surface area contributed by atoms with E-state index in [4.69, 9.17) is 0 Å². The second kappa shape index (κ2) is 4.04. The summed E-state index contributed by atoms with van der Waals surface area (Å²) in [4.78, 5) is 4.07. The van der Waals surface area contributed by atoms with E-state index >= 15 is 0 Å². The number of hydrogen-bond donors (Lipinski definition) is 0. The second-order valence-corrected chi connectivity index (χ2v) is 2.68. The molecule has 0 radical (unpaired) electrons. The van der Waals surface area contributed by atoms with Gasteiger partial charge in [-0.05, 0) is 33.3 Å². The van der Waals surface area contributed by atoms with Crippen molar-refractivity contribution >= 4 is 6.21 Å². The molecule has 0 aromatic heterocycles. The predicted octanol–water partition coefficient (Wildman–Crippen LogP) is 2.95. The van der Waals surface area contributed by atoms with Crippen LogP contribution in [-0.2, 0) is 0 Å². The Morgan fingerprint density at radius 1 is 1.20 bits per heavy atom. The topological polar surface area (TPSA) is 12.4 Å². The molecule has 0 unspecified atom stereocenters. The van der Waals surface area contributed by atoms with Crippen molar-refractivity contribution in [2.75, 3.05) is 0 Å². The fourth-order valence-corrected chi connectivity index (χ4v) is 0.336. The Balaban J connectivity index is 4.16. The highest BCUT2D eigenvalue weighted by atomic mass is 14.7. The first kappa shape index (κ1) is 9.15. The third-order valence-corrected chi connectivity index (χ3v) is 1.27. The molecule has 0 aromatic carbocycles.